The van der Waals surface area contributed by atoms with Gasteiger partial charge in [-0.3, -0.25) is 0 Å². The molecule has 0 aromatic heterocycles. The van der Waals surface area contributed by atoms with Crippen molar-refractivity contribution < 1.29 is 4.74 Å². The normalized spacial score (nSPS) is 10.9. The summed E-state index contributed by atoms with van der Waals surface area (Å²) in [6.07, 6.45) is 0.269. The van der Waals surface area contributed by atoms with Crippen LogP contribution in [0.25, 0.3) is 0 Å². The van der Waals surface area contributed by atoms with Crippen molar-refractivity contribution >= 4 is 28.9 Å². The molecule has 17 heavy (non-hydrogen) atoms. The molecular formula is C13H19Cl2NO. The van der Waals surface area contributed by atoms with E-state index < -0.39 is 0 Å². The molecule has 0 spiro atoms. The van der Waals surface area contributed by atoms with E-state index in [9.17, 15) is 0 Å². The molecule has 1 aromatic rings. The molecule has 0 unspecified atom stereocenters. The van der Waals surface area contributed by atoms with Crippen LogP contribution in [0.2, 0.25) is 5.02 Å². The van der Waals surface area contributed by atoms with E-state index in [4.69, 9.17) is 27.9 Å². The molecule has 0 fully saturated rings. The van der Waals surface area contributed by atoms with Crippen molar-refractivity contribution in [3.05, 3.63) is 28.8 Å². The van der Waals surface area contributed by atoms with Crippen molar-refractivity contribution in [3.63, 3.8) is 0 Å². The van der Waals surface area contributed by atoms with Gasteiger partial charge in [0.15, 0.2) is 0 Å². The molecule has 0 bridgehead atoms. The van der Waals surface area contributed by atoms with Crippen LogP contribution in [0.5, 0.6) is 0 Å². The Morgan fingerprint density at radius 1 is 1.35 bits per heavy atom. The number of ether oxygens (including phenoxy) is 1. The lowest BCUT2D eigenvalue weighted by Crippen LogP contribution is -2.23. The molecule has 0 aliphatic heterocycles. The Morgan fingerprint density at radius 2 is 2.06 bits per heavy atom. The van der Waals surface area contributed by atoms with Crippen LogP contribution in [0.3, 0.4) is 0 Å². The van der Waals surface area contributed by atoms with Crippen molar-refractivity contribution in [2.45, 2.75) is 25.8 Å². The Morgan fingerprint density at radius 3 is 2.59 bits per heavy atom. The van der Waals surface area contributed by atoms with E-state index in [1.165, 1.54) is 0 Å². The first kappa shape index (κ1) is 14.6. The average molecular weight is 276 g/mol. The summed E-state index contributed by atoms with van der Waals surface area (Å²) in [5, 5.41) is 0.717. The van der Waals surface area contributed by atoms with Gasteiger partial charge in [0, 0.05) is 30.2 Å². The van der Waals surface area contributed by atoms with Gasteiger partial charge in [-0.05, 0) is 31.5 Å². The predicted molar refractivity (Wildman–Crippen MR) is 75.4 cm³/mol. The van der Waals surface area contributed by atoms with Gasteiger partial charge >= 0.3 is 0 Å². The van der Waals surface area contributed by atoms with Crippen molar-refractivity contribution in [1.82, 2.24) is 0 Å². The first-order valence-corrected chi connectivity index (χ1v) is 6.63. The first-order valence-electron chi connectivity index (χ1n) is 5.71. The molecule has 2 nitrogen and oxygen atoms in total. The van der Waals surface area contributed by atoms with E-state index in [-0.39, 0.29) is 6.10 Å². The Hall–Kier alpha value is -0.440. The van der Waals surface area contributed by atoms with Crippen LogP contribution in [-0.4, -0.2) is 26.3 Å². The summed E-state index contributed by atoms with van der Waals surface area (Å²) in [4.78, 5) is 2.12. The van der Waals surface area contributed by atoms with Crippen LogP contribution < -0.4 is 4.90 Å². The summed E-state index contributed by atoms with van der Waals surface area (Å²) in [6.45, 7) is 5.62. The number of nitrogens with zero attached hydrogens (tertiary/aromatic N) is 1. The molecule has 0 aliphatic rings. The van der Waals surface area contributed by atoms with Gasteiger partial charge < -0.3 is 9.64 Å². The van der Waals surface area contributed by atoms with Crippen LogP contribution in [0, 0.1) is 0 Å². The minimum Gasteiger partial charge on any atom is -0.377 e. The second-order valence-electron chi connectivity index (χ2n) is 4.25. The standard InChI is InChI=1S/C13H19Cl2NO/c1-10(2)17-7-6-16(3)12-5-4-11(9-14)13(15)8-12/h4-5,8,10H,6-7,9H2,1-3H3. The van der Waals surface area contributed by atoms with E-state index in [0.29, 0.717) is 17.5 Å². The smallest absolute Gasteiger partial charge is 0.0644 e. The highest BCUT2D eigenvalue weighted by Gasteiger charge is 2.05. The topological polar surface area (TPSA) is 12.5 Å². The van der Waals surface area contributed by atoms with Crippen molar-refractivity contribution in [2.24, 2.45) is 0 Å². The maximum absolute atomic E-state index is 6.12. The number of alkyl halides is 1. The summed E-state index contributed by atoms with van der Waals surface area (Å²) in [5.74, 6) is 0.444. The van der Waals surface area contributed by atoms with Gasteiger partial charge in [-0.2, -0.15) is 0 Å². The third kappa shape index (κ3) is 4.74. The number of hydrogen-bond donors (Lipinski definition) is 0. The van der Waals surface area contributed by atoms with Crippen LogP contribution in [0.1, 0.15) is 19.4 Å². The molecule has 0 saturated heterocycles. The molecule has 0 radical (unpaired) electrons. The molecule has 96 valence electrons. The summed E-state index contributed by atoms with van der Waals surface area (Å²) < 4.78 is 5.51. The SMILES string of the molecule is CC(C)OCCN(C)c1ccc(CCl)c(Cl)c1. The van der Waals surface area contributed by atoms with Crippen LogP contribution in [0.4, 0.5) is 5.69 Å². The fraction of sp³-hybridized carbons (Fsp3) is 0.538. The van der Waals surface area contributed by atoms with Crippen molar-refractivity contribution in [2.75, 3.05) is 25.1 Å². The van der Waals surface area contributed by atoms with Crippen molar-refractivity contribution in [3.8, 4) is 0 Å². The third-order valence-corrected chi connectivity index (χ3v) is 3.14. The zero-order valence-corrected chi connectivity index (χ0v) is 12.1. The maximum atomic E-state index is 6.12. The van der Waals surface area contributed by atoms with Gasteiger partial charge in [0.25, 0.3) is 0 Å². The second-order valence-corrected chi connectivity index (χ2v) is 4.92. The minimum absolute atomic E-state index is 0.269. The molecule has 0 saturated carbocycles. The lowest BCUT2D eigenvalue weighted by molar-refractivity contribution is 0.0846. The number of benzene rings is 1. The van der Waals surface area contributed by atoms with Gasteiger partial charge in [0.2, 0.25) is 0 Å². The highest BCUT2D eigenvalue weighted by atomic mass is 35.5. The van der Waals surface area contributed by atoms with Gasteiger partial charge in [-0.15, -0.1) is 11.6 Å². The van der Waals surface area contributed by atoms with Gasteiger partial charge in [-0.25, -0.2) is 0 Å². The Balaban J connectivity index is 2.57. The summed E-state index contributed by atoms with van der Waals surface area (Å²) in [6, 6.07) is 5.93. The zero-order chi connectivity index (χ0) is 12.8. The number of hydrogen-bond acceptors (Lipinski definition) is 2. The van der Waals surface area contributed by atoms with E-state index >= 15 is 0 Å². The Bertz CT molecular complexity index is 355. The van der Waals surface area contributed by atoms with E-state index in [1.54, 1.807) is 0 Å². The average Bonchev–Trinajstić information content (AvgIpc) is 2.28. The highest BCUT2D eigenvalue weighted by Crippen LogP contribution is 2.24. The highest BCUT2D eigenvalue weighted by molar-refractivity contribution is 6.32. The summed E-state index contributed by atoms with van der Waals surface area (Å²) in [7, 11) is 2.02. The van der Waals surface area contributed by atoms with E-state index in [1.807, 2.05) is 39.1 Å². The fourth-order valence-corrected chi connectivity index (χ4v) is 1.98. The molecule has 0 amide bonds. The lowest BCUT2D eigenvalue weighted by Gasteiger charge is -2.20. The second kappa shape index (κ2) is 7.10. The summed E-state index contributed by atoms with van der Waals surface area (Å²) >= 11 is 11.9. The molecule has 4 heteroatoms. The maximum Gasteiger partial charge on any atom is 0.0644 e. The molecule has 0 N–H and O–H groups in total. The molecule has 0 atom stereocenters. The van der Waals surface area contributed by atoms with Gasteiger partial charge in [-0.1, -0.05) is 17.7 Å². The third-order valence-electron chi connectivity index (χ3n) is 2.50. The molecule has 1 aromatic carbocycles. The summed E-state index contributed by atoms with van der Waals surface area (Å²) in [5.41, 5.74) is 2.04. The molecule has 1 rings (SSSR count). The fourth-order valence-electron chi connectivity index (χ4n) is 1.44. The van der Waals surface area contributed by atoms with Gasteiger partial charge in [0.1, 0.15) is 0 Å². The zero-order valence-electron chi connectivity index (χ0n) is 10.5. The van der Waals surface area contributed by atoms with Gasteiger partial charge in [0.05, 0.1) is 12.7 Å². The quantitative estimate of drug-likeness (QED) is 0.730. The Kier molecular flexibility index (Phi) is 6.10. The first-order chi connectivity index (χ1) is 8.04. The number of likely N-dealkylation sites (N-methyl/N-ethyl adjacent to an activating group) is 1. The number of anilines is 1. The predicted octanol–water partition coefficient (Wildman–Crippen LogP) is 3.94. The van der Waals surface area contributed by atoms with Crippen molar-refractivity contribution in [1.29, 1.82) is 0 Å². The number of rotatable bonds is 6. The minimum atomic E-state index is 0.269. The molecular weight excluding hydrogens is 257 g/mol. The molecule has 0 heterocycles. The van der Waals surface area contributed by atoms with Crippen LogP contribution in [0.15, 0.2) is 18.2 Å². The lowest BCUT2D eigenvalue weighted by atomic mass is 10.2. The molecule has 0 aliphatic carbocycles. The van der Waals surface area contributed by atoms with E-state index in [0.717, 1.165) is 17.8 Å². The number of halogens is 2. The monoisotopic (exact) mass is 275 g/mol. The van der Waals surface area contributed by atoms with E-state index in [2.05, 4.69) is 4.90 Å². The van der Waals surface area contributed by atoms with Crippen LogP contribution >= 0.6 is 23.2 Å². The van der Waals surface area contributed by atoms with Crippen LogP contribution in [-0.2, 0) is 10.6 Å². The largest absolute Gasteiger partial charge is 0.377 e. The Labute approximate surface area is 113 Å².